The Hall–Kier alpha value is -5.90. The predicted molar refractivity (Wildman–Crippen MR) is 170 cm³/mol. The van der Waals surface area contributed by atoms with Gasteiger partial charge in [-0.2, -0.15) is 0 Å². The number of benzene rings is 4. The summed E-state index contributed by atoms with van der Waals surface area (Å²) in [6.07, 6.45) is 0.576. The Labute approximate surface area is 262 Å². The van der Waals surface area contributed by atoms with E-state index in [0.717, 1.165) is 17.9 Å². The van der Waals surface area contributed by atoms with E-state index in [9.17, 15) is 24.0 Å². The minimum atomic E-state index is -1.20. The molecule has 6 rings (SSSR count). The van der Waals surface area contributed by atoms with Gasteiger partial charge in [-0.05, 0) is 47.2 Å². The van der Waals surface area contributed by atoms with E-state index < -0.39 is 34.7 Å². The van der Waals surface area contributed by atoms with E-state index in [0.29, 0.717) is 42.8 Å². The number of rotatable bonds is 7. The highest BCUT2D eigenvalue weighted by atomic mass is 16.7. The monoisotopic (exact) mass is 616 g/mol. The van der Waals surface area contributed by atoms with Crippen molar-refractivity contribution in [3.63, 3.8) is 0 Å². The molecule has 0 spiro atoms. The summed E-state index contributed by atoms with van der Waals surface area (Å²) in [6, 6.07) is 28.6. The van der Waals surface area contributed by atoms with E-state index in [1.54, 1.807) is 18.2 Å². The van der Waals surface area contributed by atoms with Crippen LogP contribution in [0.15, 0.2) is 111 Å². The van der Waals surface area contributed by atoms with Crippen molar-refractivity contribution in [2.45, 2.75) is 18.8 Å². The zero-order valence-corrected chi connectivity index (χ0v) is 24.8. The summed E-state index contributed by atoms with van der Waals surface area (Å²) in [5.74, 6) is -2.32. The van der Waals surface area contributed by atoms with Crippen molar-refractivity contribution in [2.75, 3.05) is 20.2 Å². The molecule has 0 aliphatic carbocycles. The standard InChI is InChI=1S/C36H28N2O8/c1-44-35(42)31(37-46-36(43)38-18-16-23(17-19-38)22-8-3-2-4-9-22)33(40)29-20-25-14-15-26(21-30(25)45-34(29)41)32(39)28-13-7-11-24-10-5-6-12-27(24)28/h2-15,20-21,23H,16-19H2,1H3/b37-31+. The van der Waals surface area contributed by atoms with Crippen LogP contribution in [0.2, 0.25) is 0 Å². The van der Waals surface area contributed by atoms with Gasteiger partial charge < -0.3 is 14.1 Å². The first-order valence-electron chi connectivity index (χ1n) is 14.7. The maximum Gasteiger partial charge on any atom is 0.435 e. The van der Waals surface area contributed by atoms with Crippen molar-refractivity contribution < 1.29 is 33.2 Å². The van der Waals surface area contributed by atoms with E-state index >= 15 is 0 Å². The molecule has 0 atom stereocenters. The Balaban J connectivity index is 1.21. The molecule has 0 unspecified atom stereocenters. The fourth-order valence-electron chi connectivity index (χ4n) is 5.65. The van der Waals surface area contributed by atoms with Gasteiger partial charge in [-0.25, -0.2) is 14.4 Å². The zero-order valence-electron chi connectivity index (χ0n) is 24.8. The zero-order chi connectivity index (χ0) is 32.2. The van der Waals surface area contributed by atoms with E-state index in [1.807, 2.05) is 60.7 Å². The Bertz CT molecular complexity index is 2070. The maximum absolute atomic E-state index is 13.4. The second-order valence-electron chi connectivity index (χ2n) is 10.8. The lowest BCUT2D eigenvalue weighted by Crippen LogP contribution is -2.38. The number of ether oxygens (including phenoxy) is 1. The summed E-state index contributed by atoms with van der Waals surface area (Å²) in [6.45, 7) is 0.795. The van der Waals surface area contributed by atoms with Gasteiger partial charge in [0.15, 0.2) is 5.78 Å². The van der Waals surface area contributed by atoms with Crippen molar-refractivity contribution in [1.29, 1.82) is 0 Å². The molecule has 230 valence electrons. The number of esters is 1. The Morgan fingerprint density at radius 3 is 2.28 bits per heavy atom. The average Bonchev–Trinajstić information content (AvgIpc) is 3.10. The number of carbonyl (C=O) groups is 4. The number of oxime groups is 1. The van der Waals surface area contributed by atoms with Crippen LogP contribution in [-0.4, -0.2) is 54.4 Å². The van der Waals surface area contributed by atoms with Crippen LogP contribution < -0.4 is 5.63 Å². The quantitative estimate of drug-likeness (QED) is 0.0420. The average molecular weight is 617 g/mol. The number of nitrogens with zero attached hydrogens (tertiary/aromatic N) is 2. The third kappa shape index (κ3) is 6.05. The molecular formula is C36H28N2O8. The molecule has 0 radical (unpaired) electrons. The molecule has 5 aromatic rings. The van der Waals surface area contributed by atoms with Gasteiger partial charge in [-0.1, -0.05) is 90.1 Å². The van der Waals surface area contributed by atoms with Crippen LogP contribution >= 0.6 is 0 Å². The van der Waals surface area contributed by atoms with Gasteiger partial charge in [0.05, 0.1) is 7.11 Å². The van der Waals surface area contributed by atoms with E-state index in [4.69, 9.17) is 9.25 Å². The minimum absolute atomic E-state index is 0.0644. The van der Waals surface area contributed by atoms with Crippen LogP contribution in [0.25, 0.3) is 21.7 Å². The third-order valence-electron chi connectivity index (χ3n) is 8.11. The molecular weight excluding hydrogens is 588 g/mol. The summed E-state index contributed by atoms with van der Waals surface area (Å²) in [7, 11) is 1.03. The first-order chi connectivity index (χ1) is 22.3. The number of piperidine rings is 1. The highest BCUT2D eigenvalue weighted by Gasteiger charge is 2.30. The first-order valence-corrected chi connectivity index (χ1v) is 14.7. The molecule has 10 nitrogen and oxygen atoms in total. The molecule has 0 saturated carbocycles. The second-order valence-corrected chi connectivity index (χ2v) is 10.8. The molecule has 1 fully saturated rings. The van der Waals surface area contributed by atoms with Gasteiger partial charge in [0.2, 0.25) is 11.5 Å². The van der Waals surface area contributed by atoms with Gasteiger partial charge in [0, 0.05) is 29.6 Å². The fraction of sp³-hybridized carbons (Fsp3) is 0.167. The second kappa shape index (κ2) is 13.0. The minimum Gasteiger partial charge on any atom is -0.464 e. The van der Waals surface area contributed by atoms with Gasteiger partial charge >= 0.3 is 17.7 Å². The normalized spacial score (nSPS) is 13.8. The number of hydrogen-bond donors (Lipinski definition) is 0. The summed E-state index contributed by atoms with van der Waals surface area (Å²) >= 11 is 0. The summed E-state index contributed by atoms with van der Waals surface area (Å²) in [4.78, 5) is 71.3. The summed E-state index contributed by atoms with van der Waals surface area (Å²) < 4.78 is 10.1. The van der Waals surface area contributed by atoms with Crippen LogP contribution in [0.1, 0.15) is 50.6 Å². The predicted octanol–water partition coefficient (Wildman–Crippen LogP) is 5.91. The summed E-state index contributed by atoms with van der Waals surface area (Å²) in [5.41, 5.74) is -0.473. The van der Waals surface area contributed by atoms with Gasteiger partial charge in [0.25, 0.3) is 0 Å². The molecule has 1 aromatic heterocycles. The van der Waals surface area contributed by atoms with Crippen molar-refractivity contribution in [1.82, 2.24) is 4.90 Å². The third-order valence-corrected chi connectivity index (χ3v) is 8.11. The number of Topliss-reactive ketones (excluding diaryl/α,β-unsaturated/α-hetero) is 1. The Morgan fingerprint density at radius 1 is 0.804 bits per heavy atom. The molecule has 0 N–H and O–H groups in total. The van der Waals surface area contributed by atoms with Crippen molar-refractivity contribution >= 4 is 51.1 Å². The molecule has 1 aliphatic rings. The highest BCUT2D eigenvalue weighted by molar-refractivity contribution is 6.67. The lowest BCUT2D eigenvalue weighted by atomic mass is 9.90. The maximum atomic E-state index is 13.4. The van der Waals surface area contributed by atoms with Gasteiger partial charge in [-0.15, -0.1) is 0 Å². The summed E-state index contributed by atoms with van der Waals surface area (Å²) in [5, 5.41) is 5.53. The van der Waals surface area contributed by atoms with E-state index in [1.165, 1.54) is 28.7 Å². The largest absolute Gasteiger partial charge is 0.464 e. The number of ketones is 2. The molecule has 1 saturated heterocycles. The Kier molecular flexibility index (Phi) is 8.51. The van der Waals surface area contributed by atoms with Crippen LogP contribution in [-0.2, 0) is 14.4 Å². The van der Waals surface area contributed by atoms with Crippen LogP contribution in [0, 0.1) is 0 Å². The lowest BCUT2D eigenvalue weighted by Gasteiger charge is -2.30. The van der Waals surface area contributed by atoms with E-state index in [-0.39, 0.29) is 16.9 Å². The lowest BCUT2D eigenvalue weighted by molar-refractivity contribution is -0.132. The highest BCUT2D eigenvalue weighted by Crippen LogP contribution is 2.28. The van der Waals surface area contributed by atoms with E-state index in [2.05, 4.69) is 9.89 Å². The molecule has 1 amide bonds. The molecule has 2 heterocycles. The SMILES string of the molecule is COC(=O)/C(=N/OC(=O)N1CCC(c2ccccc2)CC1)C(=O)c1cc2ccc(C(=O)c3cccc4ccccc34)cc2oc1=O. The number of likely N-dealkylation sites (tertiary alicyclic amines) is 1. The van der Waals surface area contributed by atoms with Gasteiger partial charge in [0.1, 0.15) is 11.1 Å². The van der Waals surface area contributed by atoms with Crippen molar-refractivity contribution in [3.8, 4) is 0 Å². The number of amides is 1. The molecule has 10 heteroatoms. The molecule has 4 aromatic carbocycles. The van der Waals surface area contributed by atoms with Crippen molar-refractivity contribution in [3.05, 3.63) is 130 Å². The molecule has 0 bridgehead atoms. The number of fused-ring (bicyclic) bond motifs is 2. The smallest absolute Gasteiger partial charge is 0.435 e. The molecule has 1 aliphatic heterocycles. The number of carbonyl (C=O) groups excluding carboxylic acids is 4. The van der Waals surface area contributed by atoms with Crippen LogP contribution in [0.5, 0.6) is 0 Å². The number of methoxy groups -OCH3 is 1. The first kappa shape index (κ1) is 30.1. The van der Waals surface area contributed by atoms with Crippen LogP contribution in [0.4, 0.5) is 4.79 Å². The number of hydrogen-bond acceptors (Lipinski definition) is 9. The Morgan fingerprint density at radius 2 is 1.52 bits per heavy atom. The van der Waals surface area contributed by atoms with Gasteiger partial charge in [-0.3, -0.25) is 14.4 Å². The topological polar surface area (TPSA) is 133 Å². The van der Waals surface area contributed by atoms with Crippen molar-refractivity contribution in [2.24, 2.45) is 5.16 Å². The molecule has 46 heavy (non-hydrogen) atoms. The fourth-order valence-corrected chi connectivity index (χ4v) is 5.65. The van der Waals surface area contributed by atoms with Crippen LogP contribution in [0.3, 0.4) is 0 Å².